The second-order valence-electron chi connectivity index (χ2n) is 5.67. The molecule has 0 amide bonds. The molecule has 0 spiro atoms. The molecule has 2 rings (SSSR count). The third-order valence-electron chi connectivity index (χ3n) is 4.24. The molecule has 0 aliphatic heterocycles. The Morgan fingerprint density at radius 2 is 1.74 bits per heavy atom. The molecule has 19 heavy (non-hydrogen) atoms. The van der Waals surface area contributed by atoms with Crippen LogP contribution in [-0.4, -0.2) is 30.3 Å². The van der Waals surface area contributed by atoms with Gasteiger partial charge in [-0.05, 0) is 19.9 Å². The highest BCUT2D eigenvalue weighted by Gasteiger charge is 2.17. The summed E-state index contributed by atoms with van der Waals surface area (Å²) < 4.78 is 0. The van der Waals surface area contributed by atoms with Gasteiger partial charge in [-0.2, -0.15) is 0 Å². The zero-order valence-corrected chi connectivity index (χ0v) is 12.0. The number of rotatable bonds is 5. The van der Waals surface area contributed by atoms with E-state index < -0.39 is 0 Å². The molecule has 1 aromatic carbocycles. The molecule has 2 nitrogen and oxygen atoms in total. The van der Waals surface area contributed by atoms with E-state index in [4.69, 9.17) is 0 Å². The molecule has 0 heterocycles. The zero-order chi connectivity index (χ0) is 13.5. The molecule has 1 aliphatic rings. The van der Waals surface area contributed by atoms with Crippen LogP contribution >= 0.6 is 0 Å². The van der Waals surface area contributed by atoms with Gasteiger partial charge in [-0.15, -0.1) is 0 Å². The normalized spacial score (nSPS) is 17.4. The lowest BCUT2D eigenvalue weighted by Crippen LogP contribution is -2.33. The van der Waals surface area contributed by atoms with E-state index in [2.05, 4.69) is 11.9 Å². The van der Waals surface area contributed by atoms with Crippen molar-refractivity contribution in [2.75, 3.05) is 13.6 Å². The van der Waals surface area contributed by atoms with E-state index in [1.807, 2.05) is 30.3 Å². The molecular formula is C17H25NO. The quantitative estimate of drug-likeness (QED) is 0.590. The number of Topliss-reactive ketones (excluding diaryl/α,β-unsaturated/α-hetero) is 1. The van der Waals surface area contributed by atoms with Gasteiger partial charge in [-0.25, -0.2) is 0 Å². The molecule has 0 unspecified atom stereocenters. The van der Waals surface area contributed by atoms with Crippen LogP contribution in [0, 0.1) is 0 Å². The number of benzene rings is 1. The van der Waals surface area contributed by atoms with Crippen LogP contribution in [0.25, 0.3) is 0 Å². The summed E-state index contributed by atoms with van der Waals surface area (Å²) >= 11 is 0. The van der Waals surface area contributed by atoms with Crippen LogP contribution in [0.5, 0.6) is 0 Å². The molecular weight excluding hydrogens is 234 g/mol. The van der Waals surface area contributed by atoms with Crippen molar-refractivity contribution in [2.24, 2.45) is 0 Å². The van der Waals surface area contributed by atoms with Crippen LogP contribution in [0.4, 0.5) is 0 Å². The Hall–Kier alpha value is -1.15. The number of hydrogen-bond donors (Lipinski definition) is 0. The highest BCUT2D eigenvalue weighted by molar-refractivity contribution is 5.96. The van der Waals surface area contributed by atoms with Crippen LogP contribution in [0.15, 0.2) is 30.3 Å². The van der Waals surface area contributed by atoms with Gasteiger partial charge < -0.3 is 4.90 Å². The molecule has 2 heteroatoms. The number of ketones is 1. The Morgan fingerprint density at radius 3 is 2.37 bits per heavy atom. The minimum absolute atomic E-state index is 0.265. The first kappa shape index (κ1) is 14.3. The number of carbonyl (C=O) groups is 1. The number of carbonyl (C=O) groups excluding carboxylic acids is 1. The van der Waals surface area contributed by atoms with Crippen LogP contribution in [0.1, 0.15) is 55.3 Å². The highest BCUT2D eigenvalue weighted by atomic mass is 16.1. The fraction of sp³-hybridized carbons (Fsp3) is 0.588. The van der Waals surface area contributed by atoms with Crippen molar-refractivity contribution < 1.29 is 4.79 Å². The summed E-state index contributed by atoms with van der Waals surface area (Å²) in [6, 6.07) is 10.3. The first-order valence-electron chi connectivity index (χ1n) is 7.56. The van der Waals surface area contributed by atoms with Crippen molar-refractivity contribution >= 4 is 5.78 Å². The second-order valence-corrected chi connectivity index (χ2v) is 5.67. The summed E-state index contributed by atoms with van der Waals surface area (Å²) in [6.07, 6.45) is 8.70. The van der Waals surface area contributed by atoms with E-state index in [0.717, 1.165) is 12.1 Å². The topological polar surface area (TPSA) is 20.3 Å². The Balaban J connectivity index is 1.79. The third kappa shape index (κ3) is 4.46. The van der Waals surface area contributed by atoms with Crippen LogP contribution < -0.4 is 0 Å². The summed E-state index contributed by atoms with van der Waals surface area (Å²) in [4.78, 5) is 14.5. The summed E-state index contributed by atoms with van der Waals surface area (Å²) in [5.74, 6) is 0.265. The lowest BCUT2D eigenvalue weighted by Gasteiger charge is -2.26. The molecule has 0 N–H and O–H groups in total. The Kier molecular flexibility index (Phi) is 5.59. The summed E-state index contributed by atoms with van der Waals surface area (Å²) in [5, 5.41) is 0. The van der Waals surface area contributed by atoms with E-state index in [0.29, 0.717) is 12.5 Å². The molecule has 104 valence electrons. The SMILES string of the molecule is CN(CCC(=O)c1ccccc1)C1CCCCCC1. The van der Waals surface area contributed by atoms with E-state index in [1.165, 1.54) is 38.5 Å². The Labute approximate surface area is 116 Å². The van der Waals surface area contributed by atoms with Gasteiger partial charge in [0.15, 0.2) is 5.78 Å². The van der Waals surface area contributed by atoms with Gasteiger partial charge >= 0.3 is 0 Å². The molecule has 1 aromatic rings. The lowest BCUT2D eigenvalue weighted by molar-refractivity contribution is 0.0957. The van der Waals surface area contributed by atoms with Crippen LogP contribution in [-0.2, 0) is 0 Å². The summed E-state index contributed by atoms with van der Waals surface area (Å²) in [6.45, 7) is 0.887. The van der Waals surface area contributed by atoms with Gasteiger partial charge in [0, 0.05) is 24.6 Å². The predicted octanol–water partition coefficient (Wildman–Crippen LogP) is 3.91. The van der Waals surface area contributed by atoms with Crippen molar-refractivity contribution in [3.63, 3.8) is 0 Å². The van der Waals surface area contributed by atoms with Crippen molar-refractivity contribution in [1.29, 1.82) is 0 Å². The molecule has 0 saturated heterocycles. The van der Waals surface area contributed by atoms with Gasteiger partial charge in [0.1, 0.15) is 0 Å². The van der Waals surface area contributed by atoms with Crippen molar-refractivity contribution in [1.82, 2.24) is 4.90 Å². The highest BCUT2D eigenvalue weighted by Crippen LogP contribution is 2.21. The van der Waals surface area contributed by atoms with Crippen LogP contribution in [0.2, 0.25) is 0 Å². The van der Waals surface area contributed by atoms with Crippen molar-refractivity contribution in [3.05, 3.63) is 35.9 Å². The maximum atomic E-state index is 12.1. The largest absolute Gasteiger partial charge is 0.303 e. The summed E-state index contributed by atoms with van der Waals surface area (Å²) in [7, 11) is 2.17. The number of nitrogens with zero attached hydrogens (tertiary/aromatic N) is 1. The minimum atomic E-state index is 0.265. The van der Waals surface area contributed by atoms with E-state index >= 15 is 0 Å². The van der Waals surface area contributed by atoms with Gasteiger partial charge in [0.25, 0.3) is 0 Å². The predicted molar refractivity (Wildman–Crippen MR) is 79.5 cm³/mol. The van der Waals surface area contributed by atoms with Gasteiger partial charge in [0.2, 0.25) is 0 Å². The van der Waals surface area contributed by atoms with Crippen LogP contribution in [0.3, 0.4) is 0 Å². The lowest BCUT2D eigenvalue weighted by atomic mass is 10.1. The molecule has 0 radical (unpaired) electrons. The van der Waals surface area contributed by atoms with E-state index in [9.17, 15) is 4.79 Å². The first-order chi connectivity index (χ1) is 9.27. The third-order valence-corrected chi connectivity index (χ3v) is 4.24. The molecule has 0 aromatic heterocycles. The van der Waals surface area contributed by atoms with Gasteiger partial charge in [0.05, 0.1) is 0 Å². The average molecular weight is 259 g/mol. The Bertz CT molecular complexity index is 380. The van der Waals surface area contributed by atoms with Crippen molar-refractivity contribution in [2.45, 2.75) is 51.0 Å². The van der Waals surface area contributed by atoms with E-state index in [-0.39, 0.29) is 5.78 Å². The van der Waals surface area contributed by atoms with Gasteiger partial charge in [-0.1, -0.05) is 56.0 Å². The molecule has 0 bridgehead atoms. The minimum Gasteiger partial charge on any atom is -0.303 e. The fourth-order valence-electron chi connectivity index (χ4n) is 2.93. The molecule has 1 saturated carbocycles. The number of hydrogen-bond acceptors (Lipinski definition) is 2. The maximum absolute atomic E-state index is 12.1. The standard InChI is InChI=1S/C17H25NO/c1-18(16-11-7-2-3-8-12-16)14-13-17(19)15-9-5-4-6-10-15/h4-6,9-10,16H,2-3,7-8,11-14H2,1H3. The smallest absolute Gasteiger partial charge is 0.164 e. The second kappa shape index (κ2) is 7.44. The average Bonchev–Trinajstić information content (AvgIpc) is 2.74. The molecule has 1 fully saturated rings. The molecule has 0 atom stereocenters. The maximum Gasteiger partial charge on any atom is 0.164 e. The summed E-state index contributed by atoms with van der Waals surface area (Å²) in [5.41, 5.74) is 0.844. The van der Waals surface area contributed by atoms with E-state index in [1.54, 1.807) is 0 Å². The first-order valence-corrected chi connectivity index (χ1v) is 7.56. The Morgan fingerprint density at radius 1 is 1.11 bits per heavy atom. The molecule has 1 aliphatic carbocycles. The fourth-order valence-corrected chi connectivity index (χ4v) is 2.93. The van der Waals surface area contributed by atoms with Gasteiger partial charge in [-0.3, -0.25) is 4.79 Å². The van der Waals surface area contributed by atoms with Crippen molar-refractivity contribution in [3.8, 4) is 0 Å². The zero-order valence-electron chi connectivity index (χ0n) is 12.0. The monoisotopic (exact) mass is 259 g/mol.